The monoisotopic (exact) mass is 208 g/mol. The van der Waals surface area contributed by atoms with Crippen LogP contribution in [-0.2, 0) is 13.5 Å². The number of rotatable bonds is 5. The highest BCUT2D eigenvalue weighted by Crippen LogP contribution is 2.14. The molecule has 1 heterocycles. The van der Waals surface area contributed by atoms with E-state index in [1.165, 1.54) is 5.56 Å². The number of nitrogens with zero attached hydrogens (tertiary/aromatic N) is 2. The summed E-state index contributed by atoms with van der Waals surface area (Å²) in [4.78, 5) is 13.1. The Balaban J connectivity index is 2.68. The van der Waals surface area contributed by atoms with Crippen molar-refractivity contribution in [2.45, 2.75) is 19.8 Å². The molecule has 0 N–H and O–H groups in total. The molecule has 0 aromatic carbocycles. The molecule has 0 aliphatic rings. The van der Waals surface area contributed by atoms with Crippen LogP contribution in [-0.4, -0.2) is 36.4 Å². The van der Waals surface area contributed by atoms with Gasteiger partial charge >= 0.3 is 0 Å². The summed E-state index contributed by atoms with van der Waals surface area (Å²) in [7, 11) is 6.07. The molecule has 1 aromatic heterocycles. The molecule has 0 spiro atoms. The molecule has 0 bridgehead atoms. The van der Waals surface area contributed by atoms with Crippen LogP contribution in [0.2, 0.25) is 0 Å². The fourth-order valence-corrected chi connectivity index (χ4v) is 1.77. The second-order valence-electron chi connectivity index (χ2n) is 4.28. The van der Waals surface area contributed by atoms with Gasteiger partial charge in [-0.05, 0) is 52.0 Å². The van der Waals surface area contributed by atoms with E-state index in [4.69, 9.17) is 0 Å². The van der Waals surface area contributed by atoms with Crippen molar-refractivity contribution in [1.82, 2.24) is 9.47 Å². The van der Waals surface area contributed by atoms with Crippen LogP contribution in [0.5, 0.6) is 0 Å². The average Bonchev–Trinajstić information content (AvgIpc) is 2.42. The Hall–Kier alpha value is -1.09. The molecule has 0 radical (unpaired) electrons. The molecule has 1 aromatic rings. The Labute approximate surface area is 91.7 Å². The number of aromatic nitrogens is 1. The van der Waals surface area contributed by atoms with Gasteiger partial charge < -0.3 is 9.47 Å². The zero-order valence-corrected chi connectivity index (χ0v) is 10.1. The van der Waals surface area contributed by atoms with Crippen molar-refractivity contribution in [3.05, 3.63) is 23.0 Å². The highest BCUT2D eigenvalue weighted by atomic mass is 16.1. The maximum Gasteiger partial charge on any atom is 0.166 e. The second-order valence-corrected chi connectivity index (χ2v) is 4.28. The fraction of sp³-hybridized carbons (Fsp3) is 0.583. The van der Waals surface area contributed by atoms with Gasteiger partial charge in [0.1, 0.15) is 0 Å². The first-order valence-corrected chi connectivity index (χ1v) is 5.31. The molecule has 1 rings (SSSR count). The molecule has 0 aliphatic carbocycles. The molecule has 0 unspecified atom stereocenters. The number of hydrogen-bond donors (Lipinski definition) is 0. The zero-order valence-electron chi connectivity index (χ0n) is 10.1. The molecule has 0 saturated heterocycles. The SMILES string of the molecule is Cc1cc(CCCN(C)C)c(C=O)n1C. The Morgan fingerprint density at radius 1 is 1.47 bits per heavy atom. The lowest BCUT2D eigenvalue weighted by Crippen LogP contribution is -2.13. The largest absolute Gasteiger partial charge is 0.346 e. The molecule has 0 amide bonds. The molecule has 3 nitrogen and oxygen atoms in total. The summed E-state index contributed by atoms with van der Waals surface area (Å²) in [6, 6.07) is 2.11. The van der Waals surface area contributed by atoms with E-state index in [0.717, 1.165) is 37.1 Å². The summed E-state index contributed by atoms with van der Waals surface area (Å²) in [5.74, 6) is 0. The Morgan fingerprint density at radius 3 is 2.67 bits per heavy atom. The first-order valence-electron chi connectivity index (χ1n) is 5.31. The van der Waals surface area contributed by atoms with Crippen LogP contribution in [0.1, 0.15) is 28.2 Å². The Morgan fingerprint density at radius 2 is 2.13 bits per heavy atom. The maximum atomic E-state index is 10.9. The lowest BCUT2D eigenvalue weighted by atomic mass is 10.1. The highest BCUT2D eigenvalue weighted by Gasteiger charge is 2.08. The van der Waals surface area contributed by atoms with E-state index in [9.17, 15) is 4.79 Å². The normalized spacial score (nSPS) is 11.0. The topological polar surface area (TPSA) is 25.2 Å². The van der Waals surface area contributed by atoms with Gasteiger partial charge in [0, 0.05) is 12.7 Å². The van der Waals surface area contributed by atoms with Gasteiger partial charge in [-0.3, -0.25) is 4.79 Å². The van der Waals surface area contributed by atoms with E-state index in [1.807, 2.05) is 18.5 Å². The second kappa shape index (κ2) is 5.12. The van der Waals surface area contributed by atoms with E-state index in [-0.39, 0.29) is 0 Å². The Kier molecular flexibility index (Phi) is 4.09. The van der Waals surface area contributed by atoms with Crippen LogP contribution >= 0.6 is 0 Å². The molecule has 0 aliphatic heterocycles. The predicted molar refractivity (Wildman–Crippen MR) is 62.4 cm³/mol. The minimum atomic E-state index is 0.825. The number of hydrogen-bond acceptors (Lipinski definition) is 2. The number of aryl methyl sites for hydroxylation is 2. The lowest BCUT2D eigenvalue weighted by molar-refractivity contribution is 0.111. The van der Waals surface area contributed by atoms with Crippen molar-refractivity contribution in [1.29, 1.82) is 0 Å². The third-order valence-corrected chi connectivity index (χ3v) is 2.77. The summed E-state index contributed by atoms with van der Waals surface area (Å²) < 4.78 is 1.96. The minimum Gasteiger partial charge on any atom is -0.346 e. The van der Waals surface area contributed by atoms with Crippen LogP contribution in [0, 0.1) is 6.92 Å². The van der Waals surface area contributed by atoms with Gasteiger partial charge in [0.15, 0.2) is 6.29 Å². The number of carbonyl (C=O) groups excluding carboxylic acids is 1. The van der Waals surface area contributed by atoms with Crippen molar-refractivity contribution in [3.8, 4) is 0 Å². The third-order valence-electron chi connectivity index (χ3n) is 2.77. The fourth-order valence-electron chi connectivity index (χ4n) is 1.77. The van der Waals surface area contributed by atoms with Crippen molar-refractivity contribution in [2.24, 2.45) is 7.05 Å². The van der Waals surface area contributed by atoms with Gasteiger partial charge in [0.2, 0.25) is 0 Å². The summed E-state index contributed by atoms with van der Waals surface area (Å²) in [5, 5.41) is 0. The molecule has 0 atom stereocenters. The summed E-state index contributed by atoms with van der Waals surface area (Å²) in [5.41, 5.74) is 3.15. The van der Waals surface area contributed by atoms with E-state index in [1.54, 1.807) is 0 Å². The Bertz CT molecular complexity index is 340. The highest BCUT2D eigenvalue weighted by molar-refractivity contribution is 5.75. The number of aldehydes is 1. The van der Waals surface area contributed by atoms with Crippen LogP contribution in [0.3, 0.4) is 0 Å². The van der Waals surface area contributed by atoms with Gasteiger partial charge in [-0.25, -0.2) is 0 Å². The van der Waals surface area contributed by atoms with Crippen molar-refractivity contribution >= 4 is 6.29 Å². The van der Waals surface area contributed by atoms with Crippen LogP contribution in [0.25, 0.3) is 0 Å². The minimum absolute atomic E-state index is 0.825. The molecular formula is C12H20N2O. The smallest absolute Gasteiger partial charge is 0.166 e. The number of carbonyl (C=O) groups is 1. The van der Waals surface area contributed by atoms with Crippen molar-refractivity contribution in [3.63, 3.8) is 0 Å². The first-order chi connectivity index (χ1) is 7.06. The zero-order chi connectivity index (χ0) is 11.4. The van der Waals surface area contributed by atoms with Crippen molar-refractivity contribution < 1.29 is 4.79 Å². The van der Waals surface area contributed by atoms with E-state index in [2.05, 4.69) is 25.1 Å². The van der Waals surface area contributed by atoms with Gasteiger partial charge in [-0.1, -0.05) is 0 Å². The molecule has 15 heavy (non-hydrogen) atoms. The maximum absolute atomic E-state index is 10.9. The van der Waals surface area contributed by atoms with E-state index < -0.39 is 0 Å². The third kappa shape index (κ3) is 2.93. The summed E-state index contributed by atoms with van der Waals surface area (Å²) in [6.45, 7) is 3.09. The average molecular weight is 208 g/mol. The molecule has 0 fully saturated rings. The predicted octanol–water partition coefficient (Wildman–Crippen LogP) is 1.64. The standard InChI is InChI=1S/C12H20N2O/c1-10-8-11(6-5-7-13(2)3)12(9-15)14(10)4/h8-9H,5-7H2,1-4H3. The molecule has 0 saturated carbocycles. The quantitative estimate of drug-likeness (QED) is 0.687. The first kappa shape index (κ1) is 12.0. The molecule has 84 valence electrons. The van der Waals surface area contributed by atoms with Crippen LogP contribution in [0.15, 0.2) is 6.07 Å². The van der Waals surface area contributed by atoms with E-state index >= 15 is 0 Å². The van der Waals surface area contributed by atoms with Crippen LogP contribution < -0.4 is 0 Å². The summed E-state index contributed by atoms with van der Waals surface area (Å²) in [6.07, 6.45) is 3.03. The van der Waals surface area contributed by atoms with Gasteiger partial charge in [0.25, 0.3) is 0 Å². The summed E-state index contributed by atoms with van der Waals surface area (Å²) >= 11 is 0. The van der Waals surface area contributed by atoms with Gasteiger partial charge in [0.05, 0.1) is 5.69 Å². The van der Waals surface area contributed by atoms with Gasteiger partial charge in [-0.15, -0.1) is 0 Å². The van der Waals surface area contributed by atoms with Crippen molar-refractivity contribution in [2.75, 3.05) is 20.6 Å². The van der Waals surface area contributed by atoms with E-state index in [0.29, 0.717) is 0 Å². The lowest BCUT2D eigenvalue weighted by Gasteiger charge is -2.08. The van der Waals surface area contributed by atoms with Gasteiger partial charge in [-0.2, -0.15) is 0 Å². The van der Waals surface area contributed by atoms with Crippen LogP contribution in [0.4, 0.5) is 0 Å². The molecule has 3 heteroatoms. The molecular weight excluding hydrogens is 188 g/mol.